The Balaban J connectivity index is 3.15. The second-order valence-electron chi connectivity index (χ2n) is 3.51. The summed E-state index contributed by atoms with van der Waals surface area (Å²) in [7, 11) is 3.04. The molecule has 0 amide bonds. The largest absolute Gasteiger partial charge is 0.468 e. The summed E-state index contributed by atoms with van der Waals surface area (Å²) in [6.07, 6.45) is 2.02. The number of halogens is 1. The van der Waals surface area contributed by atoms with Gasteiger partial charge in [-0.25, -0.2) is 0 Å². The number of ether oxygens (including phenoxy) is 3. The van der Waals surface area contributed by atoms with Crippen molar-refractivity contribution in [2.45, 2.75) is 17.7 Å². The Bertz CT molecular complexity index is 192. The number of alkyl halides is 1. The van der Waals surface area contributed by atoms with Crippen molar-refractivity contribution >= 4 is 21.9 Å². The predicted octanol–water partition coefficient (Wildman–Crippen LogP) is 0.956. The van der Waals surface area contributed by atoms with Gasteiger partial charge >= 0.3 is 5.97 Å². The third kappa shape index (κ3) is 10.7. The molecule has 0 saturated heterocycles. The molecular formula is C11H22BrNO4. The van der Waals surface area contributed by atoms with Crippen LogP contribution in [-0.4, -0.2) is 57.9 Å². The summed E-state index contributed by atoms with van der Waals surface area (Å²) in [6.45, 7) is 3.49. The first-order valence-corrected chi connectivity index (χ1v) is 6.63. The summed E-state index contributed by atoms with van der Waals surface area (Å²) < 4.78 is 14.8. The van der Waals surface area contributed by atoms with Crippen LogP contribution in [0.4, 0.5) is 0 Å². The number of esters is 1. The molecule has 0 aliphatic heterocycles. The van der Waals surface area contributed by atoms with Gasteiger partial charge in [0.15, 0.2) is 0 Å². The SMILES string of the molecule is COCCOCCCCNCC(Br)C(=O)OC. The number of nitrogens with one attached hydrogen (secondary N) is 1. The van der Waals surface area contributed by atoms with Gasteiger partial charge < -0.3 is 19.5 Å². The van der Waals surface area contributed by atoms with Crippen LogP contribution < -0.4 is 5.32 Å². The molecule has 0 aliphatic carbocycles. The molecule has 102 valence electrons. The maximum absolute atomic E-state index is 11.0. The van der Waals surface area contributed by atoms with Crippen LogP contribution in [0, 0.1) is 0 Å². The Kier molecular flexibility index (Phi) is 12.2. The normalized spacial score (nSPS) is 12.4. The minimum absolute atomic E-state index is 0.250. The maximum Gasteiger partial charge on any atom is 0.320 e. The molecule has 0 aromatic carbocycles. The van der Waals surface area contributed by atoms with E-state index in [4.69, 9.17) is 9.47 Å². The summed E-state index contributed by atoms with van der Waals surface area (Å²) in [5.41, 5.74) is 0. The average Bonchev–Trinajstić information content (AvgIpc) is 2.35. The van der Waals surface area contributed by atoms with E-state index in [2.05, 4.69) is 26.0 Å². The fourth-order valence-electron chi connectivity index (χ4n) is 1.14. The van der Waals surface area contributed by atoms with Gasteiger partial charge in [0, 0.05) is 20.3 Å². The molecule has 17 heavy (non-hydrogen) atoms. The van der Waals surface area contributed by atoms with E-state index in [1.165, 1.54) is 7.11 Å². The second-order valence-corrected chi connectivity index (χ2v) is 4.61. The lowest BCUT2D eigenvalue weighted by atomic mass is 10.3. The molecule has 1 atom stereocenters. The Morgan fingerprint density at radius 2 is 2.00 bits per heavy atom. The molecule has 0 radical (unpaired) electrons. The third-order valence-electron chi connectivity index (χ3n) is 2.10. The van der Waals surface area contributed by atoms with Crippen LogP contribution in [0.2, 0.25) is 0 Å². The number of carbonyl (C=O) groups excluding carboxylic acids is 1. The highest BCUT2D eigenvalue weighted by Gasteiger charge is 2.13. The van der Waals surface area contributed by atoms with Crippen molar-refractivity contribution in [3.8, 4) is 0 Å². The molecule has 0 spiro atoms. The van der Waals surface area contributed by atoms with Crippen LogP contribution in [0.15, 0.2) is 0 Å². The summed E-state index contributed by atoms with van der Waals surface area (Å²) in [5.74, 6) is -0.250. The van der Waals surface area contributed by atoms with Gasteiger partial charge in [-0.05, 0) is 19.4 Å². The second kappa shape index (κ2) is 12.3. The quantitative estimate of drug-likeness (QED) is 0.350. The van der Waals surface area contributed by atoms with Crippen molar-refractivity contribution in [2.24, 2.45) is 0 Å². The smallest absolute Gasteiger partial charge is 0.320 e. The van der Waals surface area contributed by atoms with Gasteiger partial charge in [-0.3, -0.25) is 4.79 Å². The van der Waals surface area contributed by atoms with Gasteiger partial charge in [0.25, 0.3) is 0 Å². The lowest BCUT2D eigenvalue weighted by molar-refractivity contribution is -0.139. The van der Waals surface area contributed by atoms with Gasteiger partial charge in [0.05, 0.1) is 20.3 Å². The predicted molar refractivity (Wildman–Crippen MR) is 69.5 cm³/mol. The van der Waals surface area contributed by atoms with Crippen molar-refractivity contribution in [2.75, 3.05) is 47.1 Å². The van der Waals surface area contributed by atoms with Gasteiger partial charge in [0.2, 0.25) is 0 Å². The van der Waals surface area contributed by atoms with Crippen molar-refractivity contribution < 1.29 is 19.0 Å². The Labute approximate surface area is 111 Å². The molecule has 0 bridgehead atoms. The van der Waals surface area contributed by atoms with Gasteiger partial charge in [0.1, 0.15) is 4.83 Å². The van der Waals surface area contributed by atoms with E-state index in [0.29, 0.717) is 19.8 Å². The van der Waals surface area contributed by atoms with Crippen molar-refractivity contribution in [3.63, 3.8) is 0 Å². The standard InChI is InChI=1S/C11H22BrNO4/c1-15-7-8-17-6-4-3-5-13-9-10(12)11(14)16-2/h10,13H,3-9H2,1-2H3. The molecule has 1 unspecified atom stereocenters. The fourth-order valence-corrected chi connectivity index (χ4v) is 1.55. The zero-order valence-corrected chi connectivity index (χ0v) is 12.1. The Hall–Kier alpha value is -0.170. The van der Waals surface area contributed by atoms with E-state index < -0.39 is 0 Å². The molecule has 0 fully saturated rings. The van der Waals surface area contributed by atoms with Gasteiger partial charge in [-0.15, -0.1) is 0 Å². The fraction of sp³-hybridized carbons (Fsp3) is 0.909. The minimum Gasteiger partial charge on any atom is -0.468 e. The lowest BCUT2D eigenvalue weighted by Crippen LogP contribution is -2.30. The lowest BCUT2D eigenvalue weighted by Gasteiger charge is -2.09. The topological polar surface area (TPSA) is 56.8 Å². The van der Waals surface area contributed by atoms with Crippen LogP contribution in [0.25, 0.3) is 0 Å². The first kappa shape index (κ1) is 16.8. The van der Waals surface area contributed by atoms with E-state index in [1.54, 1.807) is 7.11 Å². The van der Waals surface area contributed by atoms with E-state index in [1.807, 2.05) is 0 Å². The van der Waals surface area contributed by atoms with Gasteiger partial charge in [-0.1, -0.05) is 15.9 Å². The number of methoxy groups -OCH3 is 2. The van der Waals surface area contributed by atoms with E-state index in [0.717, 1.165) is 26.0 Å². The molecule has 0 aromatic heterocycles. The van der Waals surface area contributed by atoms with Crippen LogP contribution in [-0.2, 0) is 19.0 Å². The molecule has 0 heterocycles. The molecule has 1 N–H and O–H groups in total. The van der Waals surface area contributed by atoms with Crippen molar-refractivity contribution in [3.05, 3.63) is 0 Å². The highest BCUT2D eigenvalue weighted by molar-refractivity contribution is 9.10. The first-order chi connectivity index (χ1) is 8.22. The number of unbranched alkanes of at least 4 members (excludes halogenated alkanes) is 1. The Morgan fingerprint density at radius 3 is 2.65 bits per heavy atom. The highest BCUT2D eigenvalue weighted by atomic mass is 79.9. The van der Waals surface area contributed by atoms with E-state index in [9.17, 15) is 4.79 Å². The molecule has 5 nitrogen and oxygen atoms in total. The summed E-state index contributed by atoms with van der Waals surface area (Å²) in [4.78, 5) is 10.8. The minimum atomic E-state index is -0.273. The Morgan fingerprint density at radius 1 is 1.24 bits per heavy atom. The monoisotopic (exact) mass is 311 g/mol. The first-order valence-electron chi connectivity index (χ1n) is 5.71. The third-order valence-corrected chi connectivity index (χ3v) is 2.80. The van der Waals surface area contributed by atoms with Gasteiger partial charge in [-0.2, -0.15) is 0 Å². The maximum atomic E-state index is 11.0. The summed E-state index contributed by atoms with van der Waals surface area (Å²) >= 11 is 3.24. The number of hydrogen-bond donors (Lipinski definition) is 1. The number of rotatable bonds is 11. The average molecular weight is 312 g/mol. The molecule has 0 aromatic rings. The van der Waals surface area contributed by atoms with Crippen molar-refractivity contribution in [1.82, 2.24) is 5.32 Å². The van der Waals surface area contributed by atoms with Crippen molar-refractivity contribution in [1.29, 1.82) is 0 Å². The molecule has 6 heteroatoms. The number of hydrogen-bond acceptors (Lipinski definition) is 5. The molecular weight excluding hydrogens is 290 g/mol. The zero-order valence-electron chi connectivity index (χ0n) is 10.5. The zero-order chi connectivity index (χ0) is 12.9. The molecule has 0 rings (SSSR count). The summed E-state index contributed by atoms with van der Waals surface area (Å²) in [6, 6.07) is 0. The van der Waals surface area contributed by atoms with Crippen LogP contribution in [0.1, 0.15) is 12.8 Å². The van der Waals surface area contributed by atoms with E-state index >= 15 is 0 Å². The van der Waals surface area contributed by atoms with Crippen LogP contribution in [0.3, 0.4) is 0 Å². The van der Waals surface area contributed by atoms with Crippen LogP contribution >= 0.6 is 15.9 Å². The highest BCUT2D eigenvalue weighted by Crippen LogP contribution is 1.99. The number of carbonyl (C=O) groups is 1. The van der Waals surface area contributed by atoms with Crippen LogP contribution in [0.5, 0.6) is 0 Å². The van der Waals surface area contributed by atoms with E-state index in [-0.39, 0.29) is 10.8 Å². The summed E-state index contributed by atoms with van der Waals surface area (Å²) in [5, 5.41) is 3.17. The molecule has 0 aliphatic rings. The molecule has 0 saturated carbocycles.